The third-order valence-corrected chi connectivity index (χ3v) is 3.66. The summed E-state index contributed by atoms with van der Waals surface area (Å²) < 4.78 is 0. The Hall–Kier alpha value is -3.01. The first-order valence-electron chi connectivity index (χ1n) is 7.44. The number of carbonyl (C=O) groups excluding carboxylic acids is 1. The number of nitrogens with one attached hydrogen (secondary N) is 1. The molecule has 0 aliphatic heterocycles. The first kappa shape index (κ1) is 14.9. The smallest absolute Gasteiger partial charge is 0.251 e. The van der Waals surface area contributed by atoms with Gasteiger partial charge in [0, 0.05) is 36.3 Å². The molecule has 4 heteroatoms. The first-order valence-corrected chi connectivity index (χ1v) is 7.44. The highest BCUT2D eigenvalue weighted by Crippen LogP contribution is 2.20. The molecule has 114 valence electrons. The normalized spacial score (nSPS) is 10.3. The molecule has 1 amide bonds. The van der Waals surface area contributed by atoms with Crippen molar-refractivity contribution in [3.05, 3.63) is 83.8 Å². The van der Waals surface area contributed by atoms with E-state index in [1.807, 2.05) is 55.5 Å². The molecule has 0 fully saturated rings. The maximum Gasteiger partial charge on any atom is 0.251 e. The fourth-order valence-electron chi connectivity index (χ4n) is 2.44. The fraction of sp³-hybridized carbons (Fsp3) is 0.105. The Morgan fingerprint density at radius 2 is 1.87 bits per heavy atom. The summed E-state index contributed by atoms with van der Waals surface area (Å²) in [6.45, 7) is 2.35. The number of hydrogen-bond donors (Lipinski definition) is 1. The molecule has 23 heavy (non-hydrogen) atoms. The molecule has 0 aliphatic carbocycles. The standard InChI is InChI=1S/C19H17N3O/c1-14-6-2-3-9-17(14)19(23)22-13-16-8-5-11-21-18(16)15-7-4-10-20-12-15/h2-12H,13H2,1H3,(H,22,23). The summed E-state index contributed by atoms with van der Waals surface area (Å²) in [5, 5.41) is 2.97. The third kappa shape index (κ3) is 3.43. The third-order valence-electron chi connectivity index (χ3n) is 3.66. The molecule has 0 unspecified atom stereocenters. The maximum absolute atomic E-state index is 12.3. The Morgan fingerprint density at radius 3 is 2.65 bits per heavy atom. The average molecular weight is 303 g/mol. The summed E-state index contributed by atoms with van der Waals surface area (Å²) in [5.74, 6) is -0.0795. The number of nitrogens with zero attached hydrogens (tertiary/aromatic N) is 2. The maximum atomic E-state index is 12.3. The quantitative estimate of drug-likeness (QED) is 0.804. The van der Waals surface area contributed by atoms with Crippen LogP contribution >= 0.6 is 0 Å². The van der Waals surface area contributed by atoms with E-state index in [2.05, 4.69) is 15.3 Å². The molecule has 0 bridgehead atoms. The predicted octanol–water partition coefficient (Wildman–Crippen LogP) is 3.38. The van der Waals surface area contributed by atoms with Crippen LogP contribution in [0.2, 0.25) is 0 Å². The molecular formula is C19H17N3O. The van der Waals surface area contributed by atoms with Crippen molar-refractivity contribution in [2.24, 2.45) is 0 Å². The van der Waals surface area contributed by atoms with Crippen LogP contribution in [0.3, 0.4) is 0 Å². The van der Waals surface area contributed by atoms with Crippen LogP contribution in [0.1, 0.15) is 21.5 Å². The topological polar surface area (TPSA) is 54.9 Å². The van der Waals surface area contributed by atoms with Gasteiger partial charge < -0.3 is 5.32 Å². The summed E-state index contributed by atoms with van der Waals surface area (Å²) in [6.07, 6.45) is 5.25. The van der Waals surface area contributed by atoms with Gasteiger partial charge in [-0.25, -0.2) is 0 Å². The zero-order valence-electron chi connectivity index (χ0n) is 12.9. The van der Waals surface area contributed by atoms with Crippen LogP contribution in [0, 0.1) is 6.92 Å². The van der Waals surface area contributed by atoms with Gasteiger partial charge in [-0.15, -0.1) is 0 Å². The van der Waals surface area contributed by atoms with Crippen LogP contribution in [0.4, 0.5) is 0 Å². The second-order valence-corrected chi connectivity index (χ2v) is 5.25. The van der Waals surface area contributed by atoms with Gasteiger partial charge >= 0.3 is 0 Å². The van der Waals surface area contributed by atoms with Crippen molar-refractivity contribution in [1.82, 2.24) is 15.3 Å². The fourth-order valence-corrected chi connectivity index (χ4v) is 2.44. The van der Waals surface area contributed by atoms with E-state index in [1.165, 1.54) is 0 Å². The summed E-state index contributed by atoms with van der Waals surface area (Å²) >= 11 is 0. The minimum atomic E-state index is -0.0795. The van der Waals surface area contributed by atoms with E-state index in [1.54, 1.807) is 18.6 Å². The van der Waals surface area contributed by atoms with Crippen LogP contribution in [-0.2, 0) is 6.54 Å². The van der Waals surface area contributed by atoms with E-state index in [4.69, 9.17) is 0 Å². The van der Waals surface area contributed by atoms with E-state index in [0.29, 0.717) is 12.1 Å². The molecule has 0 saturated heterocycles. The molecular weight excluding hydrogens is 286 g/mol. The molecule has 0 radical (unpaired) electrons. The SMILES string of the molecule is Cc1ccccc1C(=O)NCc1cccnc1-c1cccnc1. The zero-order chi connectivity index (χ0) is 16.1. The molecule has 2 heterocycles. The van der Waals surface area contributed by atoms with E-state index < -0.39 is 0 Å². The van der Waals surface area contributed by atoms with E-state index in [0.717, 1.165) is 22.4 Å². The van der Waals surface area contributed by atoms with Gasteiger partial charge in [0.25, 0.3) is 5.91 Å². The average Bonchev–Trinajstić information content (AvgIpc) is 2.61. The molecule has 3 aromatic rings. The summed E-state index contributed by atoms with van der Waals surface area (Å²) in [4.78, 5) is 20.9. The van der Waals surface area contributed by atoms with Crippen molar-refractivity contribution in [1.29, 1.82) is 0 Å². The van der Waals surface area contributed by atoms with Crippen LogP contribution in [-0.4, -0.2) is 15.9 Å². The number of carbonyl (C=O) groups is 1. The highest BCUT2D eigenvalue weighted by molar-refractivity contribution is 5.95. The van der Waals surface area contributed by atoms with Crippen molar-refractivity contribution in [3.63, 3.8) is 0 Å². The van der Waals surface area contributed by atoms with Crippen molar-refractivity contribution in [3.8, 4) is 11.3 Å². The monoisotopic (exact) mass is 303 g/mol. The van der Waals surface area contributed by atoms with Crippen LogP contribution in [0.5, 0.6) is 0 Å². The highest BCUT2D eigenvalue weighted by Gasteiger charge is 2.10. The number of pyridine rings is 2. The molecule has 0 saturated carbocycles. The lowest BCUT2D eigenvalue weighted by atomic mass is 10.1. The number of hydrogen-bond acceptors (Lipinski definition) is 3. The Labute approximate surface area is 135 Å². The number of aryl methyl sites for hydroxylation is 1. The lowest BCUT2D eigenvalue weighted by Crippen LogP contribution is -2.24. The summed E-state index contributed by atoms with van der Waals surface area (Å²) in [6, 6.07) is 15.2. The van der Waals surface area contributed by atoms with Gasteiger partial charge in [0.2, 0.25) is 0 Å². The second kappa shape index (κ2) is 6.83. The van der Waals surface area contributed by atoms with E-state index >= 15 is 0 Å². The van der Waals surface area contributed by atoms with E-state index in [9.17, 15) is 4.79 Å². The Kier molecular flexibility index (Phi) is 4.43. The molecule has 0 atom stereocenters. The molecule has 4 nitrogen and oxygen atoms in total. The van der Waals surface area contributed by atoms with Crippen molar-refractivity contribution in [2.75, 3.05) is 0 Å². The Bertz CT molecular complexity index is 816. The van der Waals surface area contributed by atoms with Crippen molar-refractivity contribution in [2.45, 2.75) is 13.5 Å². The van der Waals surface area contributed by atoms with Crippen LogP contribution < -0.4 is 5.32 Å². The molecule has 3 rings (SSSR count). The largest absolute Gasteiger partial charge is 0.348 e. The minimum absolute atomic E-state index is 0.0795. The van der Waals surface area contributed by atoms with Gasteiger partial charge in [-0.1, -0.05) is 24.3 Å². The van der Waals surface area contributed by atoms with Crippen LogP contribution in [0.25, 0.3) is 11.3 Å². The van der Waals surface area contributed by atoms with Gasteiger partial charge in [-0.3, -0.25) is 14.8 Å². The number of rotatable bonds is 4. The second-order valence-electron chi connectivity index (χ2n) is 5.25. The summed E-state index contributed by atoms with van der Waals surface area (Å²) in [7, 11) is 0. The number of amides is 1. The predicted molar refractivity (Wildman–Crippen MR) is 89.8 cm³/mol. The van der Waals surface area contributed by atoms with Crippen LogP contribution in [0.15, 0.2) is 67.1 Å². The van der Waals surface area contributed by atoms with Crippen molar-refractivity contribution >= 4 is 5.91 Å². The highest BCUT2D eigenvalue weighted by atomic mass is 16.1. The van der Waals surface area contributed by atoms with Gasteiger partial charge in [-0.2, -0.15) is 0 Å². The molecule has 1 aromatic carbocycles. The lowest BCUT2D eigenvalue weighted by Gasteiger charge is -2.11. The Balaban J connectivity index is 1.79. The van der Waals surface area contributed by atoms with Gasteiger partial charge in [0.15, 0.2) is 0 Å². The molecule has 0 spiro atoms. The molecule has 1 N–H and O–H groups in total. The first-order chi connectivity index (χ1) is 11.3. The molecule has 2 aromatic heterocycles. The minimum Gasteiger partial charge on any atom is -0.348 e. The van der Waals surface area contributed by atoms with Gasteiger partial charge in [-0.05, 0) is 42.3 Å². The van der Waals surface area contributed by atoms with Gasteiger partial charge in [0.1, 0.15) is 0 Å². The zero-order valence-corrected chi connectivity index (χ0v) is 12.9. The van der Waals surface area contributed by atoms with Gasteiger partial charge in [0.05, 0.1) is 5.69 Å². The number of benzene rings is 1. The van der Waals surface area contributed by atoms with Crippen molar-refractivity contribution < 1.29 is 4.79 Å². The molecule has 0 aliphatic rings. The Morgan fingerprint density at radius 1 is 1.04 bits per heavy atom. The number of aromatic nitrogens is 2. The lowest BCUT2D eigenvalue weighted by molar-refractivity contribution is 0.0950. The summed E-state index contributed by atoms with van der Waals surface area (Å²) in [5.41, 5.74) is 4.39. The van der Waals surface area contributed by atoms with E-state index in [-0.39, 0.29) is 5.91 Å².